The SMILES string of the molecule is CCCCNc1cc(CO)cc(S(N)(=O)=O)c1Oc1ccccc1. The summed E-state index contributed by atoms with van der Waals surface area (Å²) in [5.41, 5.74) is 0.932. The van der Waals surface area contributed by atoms with Gasteiger partial charge in [0.25, 0.3) is 0 Å². The van der Waals surface area contributed by atoms with Crippen molar-refractivity contribution in [2.24, 2.45) is 5.14 Å². The van der Waals surface area contributed by atoms with E-state index in [1.165, 1.54) is 6.07 Å². The third-order valence-electron chi connectivity index (χ3n) is 3.41. The van der Waals surface area contributed by atoms with Crippen molar-refractivity contribution in [3.63, 3.8) is 0 Å². The Morgan fingerprint density at radius 1 is 1.21 bits per heavy atom. The standard InChI is InChI=1S/C17H22N2O4S/c1-2-3-9-19-15-10-13(12-20)11-16(24(18,21)22)17(15)23-14-7-5-4-6-8-14/h4-8,10-11,19-20H,2-3,9,12H2,1H3,(H2,18,21,22). The molecule has 130 valence electrons. The quantitative estimate of drug-likeness (QED) is 0.636. The molecule has 0 radical (unpaired) electrons. The molecule has 24 heavy (non-hydrogen) atoms. The van der Waals surface area contributed by atoms with Gasteiger partial charge in [0, 0.05) is 6.54 Å². The van der Waals surface area contributed by atoms with Gasteiger partial charge >= 0.3 is 0 Å². The van der Waals surface area contributed by atoms with Gasteiger partial charge in [-0.25, -0.2) is 13.6 Å². The zero-order valence-corrected chi connectivity index (χ0v) is 14.3. The first-order chi connectivity index (χ1) is 11.5. The molecule has 0 spiro atoms. The molecule has 0 atom stereocenters. The number of anilines is 1. The van der Waals surface area contributed by atoms with E-state index in [0.29, 0.717) is 23.5 Å². The van der Waals surface area contributed by atoms with Crippen molar-refractivity contribution in [3.8, 4) is 11.5 Å². The number of nitrogens with one attached hydrogen (secondary N) is 1. The number of aliphatic hydroxyl groups excluding tert-OH is 1. The molecule has 2 aromatic carbocycles. The molecule has 0 unspecified atom stereocenters. The van der Waals surface area contributed by atoms with E-state index in [0.717, 1.165) is 12.8 Å². The van der Waals surface area contributed by atoms with Crippen LogP contribution in [0.3, 0.4) is 0 Å². The second kappa shape index (κ2) is 8.14. The minimum absolute atomic E-state index is 0.136. The zero-order chi connectivity index (χ0) is 17.6. The van der Waals surface area contributed by atoms with E-state index in [2.05, 4.69) is 12.2 Å². The summed E-state index contributed by atoms with van der Waals surface area (Å²) < 4.78 is 29.8. The fourth-order valence-electron chi connectivity index (χ4n) is 2.20. The molecule has 0 heterocycles. The highest BCUT2D eigenvalue weighted by Crippen LogP contribution is 2.37. The summed E-state index contributed by atoms with van der Waals surface area (Å²) in [4.78, 5) is -0.156. The Morgan fingerprint density at radius 2 is 1.92 bits per heavy atom. The van der Waals surface area contributed by atoms with E-state index in [1.807, 2.05) is 6.07 Å². The van der Waals surface area contributed by atoms with Crippen LogP contribution in [0.2, 0.25) is 0 Å². The number of aliphatic hydroxyl groups is 1. The summed E-state index contributed by atoms with van der Waals surface area (Å²) in [5.74, 6) is 0.634. The number of sulfonamides is 1. The minimum Gasteiger partial charge on any atom is -0.454 e. The smallest absolute Gasteiger partial charge is 0.241 e. The number of hydrogen-bond acceptors (Lipinski definition) is 5. The molecule has 0 saturated heterocycles. The largest absolute Gasteiger partial charge is 0.454 e. The van der Waals surface area contributed by atoms with Crippen molar-refractivity contribution in [2.45, 2.75) is 31.3 Å². The Morgan fingerprint density at radius 3 is 2.50 bits per heavy atom. The molecule has 0 aliphatic carbocycles. The van der Waals surface area contributed by atoms with Crippen LogP contribution in [-0.4, -0.2) is 20.1 Å². The Bertz CT molecular complexity index is 777. The molecule has 4 N–H and O–H groups in total. The molecule has 0 amide bonds. The van der Waals surface area contributed by atoms with Crippen molar-refractivity contribution in [1.29, 1.82) is 0 Å². The van der Waals surface area contributed by atoms with Crippen LogP contribution in [0.15, 0.2) is 47.4 Å². The lowest BCUT2D eigenvalue weighted by Crippen LogP contribution is -2.15. The summed E-state index contributed by atoms with van der Waals surface area (Å²) in [7, 11) is -4.02. The molecule has 0 aliphatic rings. The van der Waals surface area contributed by atoms with Gasteiger partial charge in [0.2, 0.25) is 10.0 Å². The van der Waals surface area contributed by atoms with Gasteiger partial charge in [-0.2, -0.15) is 0 Å². The maximum atomic E-state index is 12.0. The molecule has 0 saturated carbocycles. The molecular weight excluding hydrogens is 328 g/mol. The van der Waals surface area contributed by atoms with Crippen LogP contribution in [-0.2, 0) is 16.6 Å². The predicted molar refractivity (Wildman–Crippen MR) is 93.7 cm³/mol. The number of para-hydroxylation sites is 1. The molecule has 0 bridgehead atoms. The highest BCUT2D eigenvalue weighted by Gasteiger charge is 2.21. The van der Waals surface area contributed by atoms with Crippen LogP contribution in [0.25, 0.3) is 0 Å². The van der Waals surface area contributed by atoms with Gasteiger partial charge in [-0.05, 0) is 36.2 Å². The van der Waals surface area contributed by atoms with E-state index in [-0.39, 0.29) is 17.3 Å². The molecule has 0 aliphatic heterocycles. The molecule has 6 nitrogen and oxygen atoms in total. The van der Waals surface area contributed by atoms with Gasteiger partial charge in [-0.1, -0.05) is 31.5 Å². The average Bonchev–Trinajstić information content (AvgIpc) is 2.56. The van der Waals surface area contributed by atoms with Crippen LogP contribution in [0.1, 0.15) is 25.3 Å². The summed E-state index contributed by atoms with van der Waals surface area (Å²) in [5, 5.41) is 17.9. The number of unbranched alkanes of at least 4 members (excludes halogenated alkanes) is 1. The van der Waals surface area contributed by atoms with Crippen LogP contribution < -0.4 is 15.2 Å². The molecule has 0 fully saturated rings. The van der Waals surface area contributed by atoms with Crippen molar-refractivity contribution >= 4 is 15.7 Å². The third kappa shape index (κ3) is 4.70. The molecule has 7 heteroatoms. The number of hydrogen-bond donors (Lipinski definition) is 3. The van der Waals surface area contributed by atoms with E-state index in [9.17, 15) is 13.5 Å². The number of benzene rings is 2. The fraction of sp³-hybridized carbons (Fsp3) is 0.294. The average molecular weight is 350 g/mol. The van der Waals surface area contributed by atoms with Gasteiger partial charge in [0.1, 0.15) is 10.6 Å². The van der Waals surface area contributed by atoms with Gasteiger partial charge in [0.05, 0.1) is 12.3 Å². The van der Waals surface area contributed by atoms with Crippen LogP contribution >= 0.6 is 0 Å². The third-order valence-corrected chi connectivity index (χ3v) is 4.33. The minimum atomic E-state index is -4.02. The highest BCUT2D eigenvalue weighted by molar-refractivity contribution is 7.89. The Labute approximate surface area is 142 Å². The second-order valence-electron chi connectivity index (χ2n) is 5.37. The first-order valence-corrected chi connectivity index (χ1v) is 9.27. The summed E-state index contributed by atoms with van der Waals surface area (Å²) >= 11 is 0. The maximum absolute atomic E-state index is 12.0. The second-order valence-corrected chi connectivity index (χ2v) is 6.90. The number of rotatable bonds is 8. The summed E-state index contributed by atoms with van der Waals surface area (Å²) in [6.07, 6.45) is 1.91. The van der Waals surface area contributed by atoms with Gasteiger partial charge in [0.15, 0.2) is 5.75 Å². The topological polar surface area (TPSA) is 102 Å². The maximum Gasteiger partial charge on any atom is 0.241 e. The normalized spacial score (nSPS) is 11.3. The molecule has 2 rings (SSSR count). The lowest BCUT2D eigenvalue weighted by atomic mass is 10.2. The van der Waals surface area contributed by atoms with Crippen molar-refractivity contribution < 1.29 is 18.3 Å². The van der Waals surface area contributed by atoms with Gasteiger partial charge in [-0.15, -0.1) is 0 Å². The summed E-state index contributed by atoms with van der Waals surface area (Å²) in [6.45, 7) is 2.42. The van der Waals surface area contributed by atoms with Crippen LogP contribution in [0, 0.1) is 0 Å². The van der Waals surface area contributed by atoms with Crippen LogP contribution in [0.5, 0.6) is 11.5 Å². The fourth-order valence-corrected chi connectivity index (χ4v) is 2.93. The first-order valence-electron chi connectivity index (χ1n) is 7.73. The number of nitrogens with two attached hydrogens (primary N) is 1. The molecular formula is C17H22N2O4S. The first kappa shape index (κ1) is 18.3. The predicted octanol–water partition coefficient (Wildman–Crippen LogP) is 2.83. The number of primary sulfonamides is 1. The monoisotopic (exact) mass is 350 g/mol. The lowest BCUT2D eigenvalue weighted by Gasteiger charge is -2.17. The lowest BCUT2D eigenvalue weighted by molar-refractivity contribution is 0.281. The van der Waals surface area contributed by atoms with E-state index in [1.54, 1.807) is 30.3 Å². The Balaban J connectivity index is 2.53. The van der Waals surface area contributed by atoms with E-state index in [4.69, 9.17) is 9.88 Å². The highest BCUT2D eigenvalue weighted by atomic mass is 32.2. The van der Waals surface area contributed by atoms with E-state index >= 15 is 0 Å². The van der Waals surface area contributed by atoms with Gasteiger partial charge < -0.3 is 15.2 Å². The van der Waals surface area contributed by atoms with Crippen LogP contribution in [0.4, 0.5) is 5.69 Å². The Kier molecular flexibility index (Phi) is 6.19. The van der Waals surface area contributed by atoms with Crippen molar-refractivity contribution in [1.82, 2.24) is 0 Å². The van der Waals surface area contributed by atoms with Crippen molar-refractivity contribution in [3.05, 3.63) is 48.0 Å². The van der Waals surface area contributed by atoms with E-state index < -0.39 is 10.0 Å². The van der Waals surface area contributed by atoms with Crippen molar-refractivity contribution in [2.75, 3.05) is 11.9 Å². The van der Waals surface area contributed by atoms with Gasteiger partial charge in [-0.3, -0.25) is 0 Å². The Hall–Kier alpha value is -2.09. The molecule has 2 aromatic rings. The molecule has 0 aromatic heterocycles. The zero-order valence-electron chi connectivity index (χ0n) is 13.5. The summed E-state index contributed by atoms with van der Waals surface area (Å²) in [6, 6.07) is 11.9. The number of ether oxygens (including phenoxy) is 1.